The smallest absolute Gasteiger partial charge is 0.257 e. The van der Waals surface area contributed by atoms with Crippen molar-refractivity contribution in [1.29, 1.82) is 0 Å². The zero-order chi connectivity index (χ0) is 16.7. The first-order valence-electron chi connectivity index (χ1n) is 8.47. The number of hydrogen-bond acceptors (Lipinski definition) is 5. The van der Waals surface area contributed by atoms with Crippen LogP contribution < -0.4 is 0 Å². The van der Waals surface area contributed by atoms with E-state index >= 15 is 0 Å². The van der Waals surface area contributed by atoms with Crippen molar-refractivity contribution in [3.05, 3.63) is 35.3 Å². The second kappa shape index (κ2) is 6.05. The fourth-order valence-electron chi connectivity index (χ4n) is 3.37. The number of nitrogens with one attached hydrogen (secondary N) is 1. The van der Waals surface area contributed by atoms with Gasteiger partial charge < -0.3 is 14.1 Å². The molecule has 1 saturated carbocycles. The van der Waals surface area contributed by atoms with E-state index in [1.165, 1.54) is 0 Å². The number of amides is 1. The van der Waals surface area contributed by atoms with Gasteiger partial charge in [0.2, 0.25) is 0 Å². The predicted octanol–water partition coefficient (Wildman–Crippen LogP) is 2.23. The van der Waals surface area contributed by atoms with Gasteiger partial charge in [-0.1, -0.05) is 0 Å². The normalized spacial score (nSPS) is 23.6. The molecule has 0 spiro atoms. The maximum atomic E-state index is 12.8. The van der Waals surface area contributed by atoms with Crippen LogP contribution in [0.2, 0.25) is 0 Å². The van der Waals surface area contributed by atoms with Crippen LogP contribution in [-0.4, -0.2) is 52.3 Å². The zero-order valence-corrected chi connectivity index (χ0v) is 14.0. The Bertz CT molecular complexity index is 734. The van der Waals surface area contributed by atoms with E-state index in [0.29, 0.717) is 24.6 Å². The van der Waals surface area contributed by atoms with Crippen LogP contribution in [0, 0.1) is 6.92 Å². The van der Waals surface area contributed by atoms with Gasteiger partial charge in [0.05, 0.1) is 23.8 Å². The van der Waals surface area contributed by atoms with Gasteiger partial charge in [0, 0.05) is 26.1 Å². The highest BCUT2D eigenvalue weighted by atomic mass is 16.5. The first-order chi connectivity index (χ1) is 11.6. The molecule has 2 aromatic rings. The maximum Gasteiger partial charge on any atom is 0.257 e. The number of aromatic nitrogens is 3. The van der Waals surface area contributed by atoms with Crippen molar-refractivity contribution in [1.82, 2.24) is 20.1 Å². The molecule has 1 aliphatic heterocycles. The van der Waals surface area contributed by atoms with Crippen LogP contribution in [0.15, 0.2) is 16.7 Å². The molecule has 0 unspecified atom stereocenters. The summed E-state index contributed by atoms with van der Waals surface area (Å²) in [5, 5.41) is 7.14. The Hall–Kier alpha value is -2.15. The molecule has 1 aliphatic carbocycles. The van der Waals surface area contributed by atoms with Crippen molar-refractivity contribution in [3.8, 4) is 0 Å². The van der Waals surface area contributed by atoms with Crippen LogP contribution in [0.3, 0.4) is 0 Å². The Labute approximate surface area is 140 Å². The van der Waals surface area contributed by atoms with Crippen molar-refractivity contribution in [2.75, 3.05) is 20.2 Å². The number of rotatable bonds is 5. The molecule has 2 atom stereocenters. The van der Waals surface area contributed by atoms with Gasteiger partial charge in [0.15, 0.2) is 5.82 Å². The summed E-state index contributed by atoms with van der Waals surface area (Å²) in [6.45, 7) is 3.08. The summed E-state index contributed by atoms with van der Waals surface area (Å²) in [7, 11) is 1.81. The highest BCUT2D eigenvalue weighted by Crippen LogP contribution is 2.42. The largest absolute Gasteiger partial charge is 0.468 e. The van der Waals surface area contributed by atoms with Gasteiger partial charge in [-0.15, -0.1) is 0 Å². The SMILES string of the molecule is Cc1nc([C@@H]2CCO[C@@H]2CN(C)C(=O)c2ccoc2C2CC2)n[nH]1. The minimum atomic E-state index is -0.0783. The molecule has 1 amide bonds. The lowest BCUT2D eigenvalue weighted by atomic mass is 10.00. The molecule has 0 bridgehead atoms. The molecule has 24 heavy (non-hydrogen) atoms. The third kappa shape index (κ3) is 2.84. The molecule has 128 valence electrons. The molecule has 7 heteroatoms. The van der Waals surface area contributed by atoms with Gasteiger partial charge in [-0.25, -0.2) is 4.98 Å². The minimum absolute atomic E-state index is 0.00827. The van der Waals surface area contributed by atoms with Crippen molar-refractivity contribution in [3.63, 3.8) is 0 Å². The van der Waals surface area contributed by atoms with E-state index in [1.807, 2.05) is 14.0 Å². The molecule has 7 nitrogen and oxygen atoms in total. The fourth-order valence-corrected chi connectivity index (χ4v) is 3.37. The molecule has 2 aliphatic rings. The van der Waals surface area contributed by atoms with E-state index in [4.69, 9.17) is 9.15 Å². The topological polar surface area (TPSA) is 84.2 Å². The monoisotopic (exact) mass is 330 g/mol. The van der Waals surface area contributed by atoms with E-state index in [1.54, 1.807) is 17.2 Å². The summed E-state index contributed by atoms with van der Waals surface area (Å²) in [6, 6.07) is 1.78. The Morgan fingerprint density at radius 3 is 2.96 bits per heavy atom. The number of H-pyrrole nitrogens is 1. The lowest BCUT2D eigenvalue weighted by Gasteiger charge is -2.23. The Kier molecular flexibility index (Phi) is 3.88. The van der Waals surface area contributed by atoms with E-state index in [-0.39, 0.29) is 17.9 Å². The maximum absolute atomic E-state index is 12.8. The summed E-state index contributed by atoms with van der Waals surface area (Å²) in [4.78, 5) is 18.9. The molecule has 0 radical (unpaired) electrons. The Balaban J connectivity index is 1.45. The summed E-state index contributed by atoms with van der Waals surface area (Å²) < 4.78 is 11.4. The van der Waals surface area contributed by atoms with Crippen LogP contribution in [0.5, 0.6) is 0 Å². The number of hydrogen-bond donors (Lipinski definition) is 1. The Morgan fingerprint density at radius 1 is 1.42 bits per heavy atom. The molecule has 4 rings (SSSR count). The quantitative estimate of drug-likeness (QED) is 0.909. The summed E-state index contributed by atoms with van der Waals surface area (Å²) in [5.74, 6) is 2.94. The zero-order valence-electron chi connectivity index (χ0n) is 14.0. The number of ether oxygens (including phenoxy) is 1. The second-order valence-electron chi connectivity index (χ2n) is 6.74. The van der Waals surface area contributed by atoms with Gasteiger partial charge in [-0.3, -0.25) is 9.89 Å². The average Bonchev–Trinajstić information content (AvgIpc) is 2.98. The first-order valence-corrected chi connectivity index (χ1v) is 8.47. The van der Waals surface area contributed by atoms with Crippen LogP contribution in [0.4, 0.5) is 0 Å². The van der Waals surface area contributed by atoms with E-state index < -0.39 is 0 Å². The molecule has 2 fully saturated rings. The van der Waals surface area contributed by atoms with E-state index in [0.717, 1.165) is 36.7 Å². The van der Waals surface area contributed by atoms with Gasteiger partial charge in [-0.2, -0.15) is 5.10 Å². The number of aromatic amines is 1. The summed E-state index contributed by atoms with van der Waals surface area (Å²) in [5.41, 5.74) is 0.684. The van der Waals surface area contributed by atoms with Crippen molar-refractivity contribution in [2.24, 2.45) is 0 Å². The summed E-state index contributed by atoms with van der Waals surface area (Å²) in [6.07, 6.45) is 4.62. The van der Waals surface area contributed by atoms with Gasteiger partial charge >= 0.3 is 0 Å². The number of likely N-dealkylation sites (N-methyl/N-ethyl adjacent to an activating group) is 1. The van der Waals surface area contributed by atoms with Crippen LogP contribution in [-0.2, 0) is 4.74 Å². The number of furan rings is 1. The molecule has 1 N–H and O–H groups in total. The molecule has 0 aromatic carbocycles. The van der Waals surface area contributed by atoms with Gasteiger partial charge in [-0.05, 0) is 32.3 Å². The first kappa shape index (κ1) is 15.4. The fraction of sp³-hybridized carbons (Fsp3) is 0.588. The van der Waals surface area contributed by atoms with Crippen molar-refractivity contribution < 1.29 is 13.9 Å². The lowest BCUT2D eigenvalue weighted by Crippen LogP contribution is -2.36. The van der Waals surface area contributed by atoms with Crippen molar-refractivity contribution in [2.45, 2.75) is 44.1 Å². The lowest BCUT2D eigenvalue weighted by molar-refractivity contribution is 0.0548. The van der Waals surface area contributed by atoms with Crippen LogP contribution in [0.1, 0.15) is 58.9 Å². The van der Waals surface area contributed by atoms with Crippen LogP contribution in [0.25, 0.3) is 0 Å². The van der Waals surface area contributed by atoms with Gasteiger partial charge in [0.25, 0.3) is 5.91 Å². The van der Waals surface area contributed by atoms with Gasteiger partial charge in [0.1, 0.15) is 11.6 Å². The number of nitrogens with zero attached hydrogens (tertiary/aromatic N) is 3. The predicted molar refractivity (Wildman–Crippen MR) is 85.9 cm³/mol. The molecule has 3 heterocycles. The third-order valence-electron chi connectivity index (χ3n) is 4.83. The molecule has 1 saturated heterocycles. The van der Waals surface area contributed by atoms with E-state index in [2.05, 4.69) is 15.2 Å². The number of carbonyl (C=O) groups is 1. The van der Waals surface area contributed by atoms with E-state index in [9.17, 15) is 4.79 Å². The molecular weight excluding hydrogens is 308 g/mol. The number of carbonyl (C=O) groups excluding carboxylic acids is 1. The molecule has 2 aromatic heterocycles. The average molecular weight is 330 g/mol. The number of aryl methyl sites for hydroxylation is 1. The minimum Gasteiger partial charge on any atom is -0.468 e. The third-order valence-corrected chi connectivity index (χ3v) is 4.83. The molecular formula is C17H22N4O3. The summed E-state index contributed by atoms with van der Waals surface area (Å²) >= 11 is 0. The highest BCUT2D eigenvalue weighted by molar-refractivity contribution is 5.95. The van der Waals surface area contributed by atoms with Crippen LogP contribution >= 0.6 is 0 Å². The standard InChI is InChI=1S/C17H22N4O3/c1-10-18-16(20-19-10)12-5-7-23-14(12)9-21(2)17(22)13-6-8-24-15(13)11-3-4-11/h6,8,11-12,14H,3-5,7,9H2,1-2H3,(H,18,19,20)/t12-,14-/m1/s1. The van der Waals surface area contributed by atoms with Crippen molar-refractivity contribution >= 4 is 5.91 Å². The second-order valence-corrected chi connectivity index (χ2v) is 6.74. The highest BCUT2D eigenvalue weighted by Gasteiger charge is 2.36. The Morgan fingerprint density at radius 2 is 2.25 bits per heavy atom.